The SMILES string of the molecule is Cc1ccc(F)c(C)c1C(O)CCN. The minimum Gasteiger partial charge on any atom is -0.388 e. The number of hydrogen-bond donors (Lipinski definition) is 2. The molecular weight excluding hydrogens is 181 g/mol. The van der Waals surface area contributed by atoms with Crippen LogP contribution in [0.25, 0.3) is 0 Å². The fourth-order valence-corrected chi connectivity index (χ4v) is 1.65. The van der Waals surface area contributed by atoms with Crippen LogP contribution in [0.1, 0.15) is 29.2 Å². The smallest absolute Gasteiger partial charge is 0.126 e. The lowest BCUT2D eigenvalue weighted by molar-refractivity contribution is 0.168. The van der Waals surface area contributed by atoms with E-state index in [1.54, 1.807) is 13.0 Å². The second-order valence-corrected chi connectivity index (χ2v) is 3.50. The fourth-order valence-electron chi connectivity index (χ4n) is 1.65. The highest BCUT2D eigenvalue weighted by Crippen LogP contribution is 2.25. The number of benzene rings is 1. The molecule has 2 nitrogen and oxygen atoms in total. The summed E-state index contributed by atoms with van der Waals surface area (Å²) in [5, 5.41) is 9.76. The van der Waals surface area contributed by atoms with Crippen LogP contribution in [0.4, 0.5) is 4.39 Å². The molecule has 3 heteroatoms. The molecule has 1 atom stereocenters. The molecule has 1 aromatic rings. The first-order valence-electron chi connectivity index (χ1n) is 4.71. The molecule has 0 bridgehead atoms. The van der Waals surface area contributed by atoms with E-state index in [0.717, 1.165) is 5.56 Å². The van der Waals surface area contributed by atoms with Gasteiger partial charge in [-0.25, -0.2) is 4.39 Å². The standard InChI is InChI=1S/C11H16FNO/c1-7-3-4-9(12)8(2)11(7)10(14)5-6-13/h3-4,10,14H,5-6,13H2,1-2H3. The summed E-state index contributed by atoms with van der Waals surface area (Å²) in [4.78, 5) is 0. The minimum atomic E-state index is -0.657. The Hall–Kier alpha value is -0.930. The number of aliphatic hydroxyl groups excluding tert-OH is 1. The first kappa shape index (κ1) is 11.1. The summed E-state index contributed by atoms with van der Waals surface area (Å²) in [5.74, 6) is -0.276. The highest BCUT2D eigenvalue weighted by atomic mass is 19.1. The van der Waals surface area contributed by atoms with Crippen LogP contribution < -0.4 is 5.73 Å². The molecule has 0 aromatic heterocycles. The zero-order chi connectivity index (χ0) is 10.7. The molecule has 14 heavy (non-hydrogen) atoms. The van der Waals surface area contributed by atoms with Crippen LogP contribution in [0, 0.1) is 19.7 Å². The third-order valence-corrected chi connectivity index (χ3v) is 2.44. The van der Waals surface area contributed by atoms with Gasteiger partial charge in [-0.3, -0.25) is 0 Å². The number of aryl methyl sites for hydroxylation is 1. The summed E-state index contributed by atoms with van der Waals surface area (Å²) in [7, 11) is 0. The van der Waals surface area contributed by atoms with Crippen LogP contribution in [-0.4, -0.2) is 11.7 Å². The molecule has 3 N–H and O–H groups in total. The quantitative estimate of drug-likeness (QED) is 0.776. The summed E-state index contributed by atoms with van der Waals surface area (Å²) < 4.78 is 13.2. The van der Waals surface area contributed by atoms with Crippen molar-refractivity contribution in [3.05, 3.63) is 34.6 Å². The molecule has 1 unspecified atom stereocenters. The van der Waals surface area contributed by atoms with Gasteiger partial charge in [0.05, 0.1) is 6.10 Å². The van der Waals surface area contributed by atoms with E-state index in [1.165, 1.54) is 6.07 Å². The van der Waals surface area contributed by atoms with Gasteiger partial charge in [0.15, 0.2) is 0 Å². The van der Waals surface area contributed by atoms with E-state index in [1.807, 2.05) is 6.92 Å². The van der Waals surface area contributed by atoms with Gasteiger partial charge in [0.1, 0.15) is 5.82 Å². The Balaban J connectivity index is 3.11. The van der Waals surface area contributed by atoms with Crippen molar-refractivity contribution in [1.29, 1.82) is 0 Å². The van der Waals surface area contributed by atoms with Gasteiger partial charge >= 0.3 is 0 Å². The van der Waals surface area contributed by atoms with Crippen LogP contribution >= 0.6 is 0 Å². The van der Waals surface area contributed by atoms with Crippen molar-refractivity contribution in [2.45, 2.75) is 26.4 Å². The maximum absolute atomic E-state index is 13.2. The Bertz CT molecular complexity index is 325. The third-order valence-electron chi connectivity index (χ3n) is 2.44. The molecule has 1 aromatic carbocycles. The first-order chi connectivity index (χ1) is 6.57. The Morgan fingerprint density at radius 3 is 2.64 bits per heavy atom. The normalized spacial score (nSPS) is 12.9. The van der Waals surface area contributed by atoms with Gasteiger partial charge in [0, 0.05) is 0 Å². The summed E-state index contributed by atoms with van der Waals surface area (Å²) in [6, 6.07) is 3.10. The van der Waals surface area contributed by atoms with Gasteiger partial charge < -0.3 is 10.8 Å². The second-order valence-electron chi connectivity index (χ2n) is 3.50. The Labute approximate surface area is 83.6 Å². The van der Waals surface area contributed by atoms with Crippen molar-refractivity contribution < 1.29 is 9.50 Å². The molecule has 0 saturated heterocycles. The Morgan fingerprint density at radius 1 is 1.43 bits per heavy atom. The molecule has 78 valence electrons. The fraction of sp³-hybridized carbons (Fsp3) is 0.455. The molecule has 0 saturated carbocycles. The number of halogens is 1. The van der Waals surface area contributed by atoms with Crippen molar-refractivity contribution in [1.82, 2.24) is 0 Å². The van der Waals surface area contributed by atoms with Crippen LogP contribution in [0.5, 0.6) is 0 Å². The van der Waals surface area contributed by atoms with E-state index in [2.05, 4.69) is 0 Å². The number of aliphatic hydroxyl groups is 1. The van der Waals surface area contributed by atoms with E-state index in [9.17, 15) is 9.50 Å². The predicted octanol–water partition coefficient (Wildman–Crippen LogP) is 1.82. The maximum atomic E-state index is 13.2. The van der Waals surface area contributed by atoms with Crippen molar-refractivity contribution in [2.24, 2.45) is 5.73 Å². The molecule has 0 fully saturated rings. The van der Waals surface area contributed by atoms with E-state index in [-0.39, 0.29) is 5.82 Å². The Morgan fingerprint density at radius 2 is 2.07 bits per heavy atom. The lowest BCUT2D eigenvalue weighted by Crippen LogP contribution is -2.10. The van der Waals surface area contributed by atoms with Gasteiger partial charge in [-0.15, -0.1) is 0 Å². The summed E-state index contributed by atoms with van der Waals surface area (Å²) >= 11 is 0. The van der Waals surface area contributed by atoms with Crippen LogP contribution in [0.2, 0.25) is 0 Å². The average Bonchev–Trinajstić information content (AvgIpc) is 2.13. The lowest BCUT2D eigenvalue weighted by atomic mass is 9.96. The summed E-state index contributed by atoms with van der Waals surface area (Å²) in [5.41, 5.74) is 7.45. The molecule has 1 rings (SSSR count). The monoisotopic (exact) mass is 197 g/mol. The number of hydrogen-bond acceptors (Lipinski definition) is 2. The van der Waals surface area contributed by atoms with Crippen molar-refractivity contribution >= 4 is 0 Å². The molecule has 0 spiro atoms. The molecule has 0 aliphatic heterocycles. The van der Waals surface area contributed by atoms with Crippen LogP contribution in [0.3, 0.4) is 0 Å². The molecule has 0 aliphatic rings. The summed E-state index contributed by atoms with van der Waals surface area (Å²) in [6.07, 6.45) is -0.193. The third kappa shape index (κ3) is 2.11. The largest absolute Gasteiger partial charge is 0.388 e. The molecule has 0 amide bonds. The van der Waals surface area contributed by atoms with Gasteiger partial charge in [-0.2, -0.15) is 0 Å². The molecule has 0 heterocycles. The van der Waals surface area contributed by atoms with E-state index >= 15 is 0 Å². The zero-order valence-electron chi connectivity index (χ0n) is 8.55. The van der Waals surface area contributed by atoms with E-state index in [4.69, 9.17) is 5.73 Å². The predicted molar refractivity (Wildman–Crippen MR) is 54.5 cm³/mol. The van der Waals surface area contributed by atoms with E-state index < -0.39 is 6.10 Å². The zero-order valence-corrected chi connectivity index (χ0v) is 8.55. The van der Waals surface area contributed by atoms with Crippen LogP contribution in [0.15, 0.2) is 12.1 Å². The maximum Gasteiger partial charge on any atom is 0.126 e. The van der Waals surface area contributed by atoms with Gasteiger partial charge in [-0.05, 0) is 49.6 Å². The van der Waals surface area contributed by atoms with Crippen molar-refractivity contribution in [2.75, 3.05) is 6.54 Å². The minimum absolute atomic E-state index is 0.276. The lowest BCUT2D eigenvalue weighted by Gasteiger charge is -2.16. The highest BCUT2D eigenvalue weighted by Gasteiger charge is 2.14. The molecule has 0 radical (unpaired) electrons. The van der Waals surface area contributed by atoms with Gasteiger partial charge in [0.25, 0.3) is 0 Å². The highest BCUT2D eigenvalue weighted by molar-refractivity contribution is 5.36. The molecule has 0 aliphatic carbocycles. The summed E-state index contributed by atoms with van der Waals surface area (Å²) in [6.45, 7) is 3.94. The van der Waals surface area contributed by atoms with E-state index in [0.29, 0.717) is 24.1 Å². The van der Waals surface area contributed by atoms with Gasteiger partial charge in [-0.1, -0.05) is 6.07 Å². The van der Waals surface area contributed by atoms with Crippen molar-refractivity contribution in [3.8, 4) is 0 Å². The Kier molecular flexibility index (Phi) is 3.61. The average molecular weight is 197 g/mol. The van der Waals surface area contributed by atoms with Crippen LogP contribution in [-0.2, 0) is 0 Å². The molecular formula is C11H16FNO. The second kappa shape index (κ2) is 4.53. The number of nitrogens with two attached hydrogens (primary N) is 1. The first-order valence-corrected chi connectivity index (χ1v) is 4.71. The topological polar surface area (TPSA) is 46.2 Å². The van der Waals surface area contributed by atoms with Gasteiger partial charge in [0.2, 0.25) is 0 Å². The number of rotatable bonds is 3. The van der Waals surface area contributed by atoms with Crippen molar-refractivity contribution in [3.63, 3.8) is 0 Å².